The van der Waals surface area contributed by atoms with Crippen LogP contribution in [-0.2, 0) is 14.3 Å². The Labute approximate surface area is 161 Å². The fourth-order valence-corrected chi connectivity index (χ4v) is 2.05. The molecular weight excluding hydrogens is 383 g/mol. The van der Waals surface area contributed by atoms with Crippen molar-refractivity contribution in [2.24, 2.45) is 0 Å². The van der Waals surface area contributed by atoms with Crippen molar-refractivity contribution < 1.29 is 33.4 Å². The van der Waals surface area contributed by atoms with Crippen LogP contribution in [0, 0.1) is 5.82 Å². The van der Waals surface area contributed by atoms with Crippen LogP contribution in [0.3, 0.4) is 0 Å². The van der Waals surface area contributed by atoms with Crippen molar-refractivity contribution >= 4 is 29.6 Å². The smallest absolute Gasteiger partial charge is 0.408 e. The number of nitrogens with one attached hydrogen (secondary N) is 1. The molecule has 0 spiro atoms. The maximum Gasteiger partial charge on any atom is 0.408 e. The monoisotopic (exact) mass is 404 g/mol. The summed E-state index contributed by atoms with van der Waals surface area (Å²) >= 11 is 5.90. The Morgan fingerprint density at radius 2 is 1.67 bits per heavy atom. The summed E-state index contributed by atoms with van der Waals surface area (Å²) in [7, 11) is 0. The van der Waals surface area contributed by atoms with Gasteiger partial charge in [0.05, 0.1) is 5.56 Å². The topological polar surface area (TPSA) is 115 Å². The molecule has 10 heteroatoms. The maximum absolute atomic E-state index is 14.4. The summed E-state index contributed by atoms with van der Waals surface area (Å²) < 4.78 is 24.5. The van der Waals surface area contributed by atoms with E-state index in [1.54, 1.807) is 41.5 Å². The van der Waals surface area contributed by atoms with Crippen LogP contribution < -0.4 is 5.32 Å². The van der Waals surface area contributed by atoms with E-state index in [0.717, 1.165) is 0 Å². The average molecular weight is 405 g/mol. The molecule has 0 aliphatic heterocycles. The molecule has 0 radical (unpaired) electrons. The molecule has 1 aromatic heterocycles. The highest BCUT2D eigenvalue weighted by atomic mass is 35.5. The first-order valence-corrected chi connectivity index (χ1v) is 8.30. The Bertz CT molecular complexity index is 755. The van der Waals surface area contributed by atoms with Crippen molar-refractivity contribution in [3.8, 4) is 0 Å². The molecular formula is C17H22ClFN2O6. The predicted molar refractivity (Wildman–Crippen MR) is 94.1 cm³/mol. The number of rotatable bonds is 4. The molecule has 1 rings (SSSR count). The summed E-state index contributed by atoms with van der Waals surface area (Å²) in [5.41, 5.74) is -2.78. The summed E-state index contributed by atoms with van der Waals surface area (Å²) in [4.78, 5) is 39.0. The van der Waals surface area contributed by atoms with Gasteiger partial charge >= 0.3 is 18.0 Å². The molecule has 0 aliphatic carbocycles. The predicted octanol–water partition coefficient (Wildman–Crippen LogP) is 3.48. The zero-order valence-corrected chi connectivity index (χ0v) is 16.6. The lowest BCUT2D eigenvalue weighted by Crippen LogP contribution is -2.39. The van der Waals surface area contributed by atoms with Gasteiger partial charge in [-0.1, -0.05) is 11.6 Å². The van der Waals surface area contributed by atoms with E-state index in [1.165, 1.54) is 0 Å². The van der Waals surface area contributed by atoms with E-state index in [9.17, 15) is 23.9 Å². The number of aliphatic carboxylic acids is 1. The third-order valence-corrected chi connectivity index (χ3v) is 3.04. The van der Waals surface area contributed by atoms with Gasteiger partial charge in [-0.05, 0) is 47.6 Å². The first-order chi connectivity index (χ1) is 12.1. The molecule has 0 fully saturated rings. The zero-order valence-electron chi connectivity index (χ0n) is 15.8. The SMILES string of the molecule is CC(C)(C)OC(=O)NC(C(=O)O)c1nc(Cl)c(C(=O)OC(C)(C)C)cc1F. The van der Waals surface area contributed by atoms with Crippen molar-refractivity contribution in [2.45, 2.75) is 58.8 Å². The molecule has 0 saturated heterocycles. The van der Waals surface area contributed by atoms with Crippen molar-refractivity contribution in [2.75, 3.05) is 0 Å². The van der Waals surface area contributed by atoms with Gasteiger partial charge in [-0.25, -0.2) is 23.8 Å². The molecule has 0 saturated carbocycles. The highest BCUT2D eigenvalue weighted by Gasteiger charge is 2.31. The Balaban J connectivity index is 3.19. The van der Waals surface area contributed by atoms with E-state index in [0.29, 0.717) is 6.07 Å². The Morgan fingerprint density at radius 1 is 1.15 bits per heavy atom. The van der Waals surface area contributed by atoms with Crippen LogP contribution in [0.1, 0.15) is 63.6 Å². The van der Waals surface area contributed by atoms with E-state index in [1.807, 2.05) is 5.32 Å². The fourth-order valence-electron chi connectivity index (χ4n) is 1.83. The van der Waals surface area contributed by atoms with Crippen LogP contribution >= 0.6 is 11.6 Å². The number of carbonyl (C=O) groups is 3. The molecule has 1 atom stereocenters. The van der Waals surface area contributed by atoms with E-state index >= 15 is 0 Å². The number of halogens is 2. The largest absolute Gasteiger partial charge is 0.479 e. The third-order valence-electron chi connectivity index (χ3n) is 2.76. The number of pyridine rings is 1. The summed E-state index contributed by atoms with van der Waals surface area (Å²) in [6.07, 6.45) is -1.08. The van der Waals surface area contributed by atoms with Crippen LogP contribution in [0.25, 0.3) is 0 Å². The Morgan fingerprint density at radius 3 is 2.11 bits per heavy atom. The molecule has 1 unspecified atom stereocenters. The summed E-state index contributed by atoms with van der Waals surface area (Å²) in [5, 5.41) is 10.9. The molecule has 1 heterocycles. The highest BCUT2D eigenvalue weighted by Crippen LogP contribution is 2.24. The van der Waals surface area contributed by atoms with Gasteiger partial charge in [0.25, 0.3) is 0 Å². The van der Waals surface area contributed by atoms with Crippen LogP contribution in [0.15, 0.2) is 6.07 Å². The van der Waals surface area contributed by atoms with Gasteiger partial charge in [0.1, 0.15) is 27.9 Å². The van der Waals surface area contributed by atoms with Crippen molar-refractivity contribution in [3.63, 3.8) is 0 Å². The number of carboxylic acid groups (broad SMARTS) is 1. The number of amides is 1. The van der Waals surface area contributed by atoms with Crippen LogP contribution in [0.2, 0.25) is 5.15 Å². The van der Waals surface area contributed by atoms with Gasteiger partial charge < -0.3 is 19.9 Å². The zero-order chi connectivity index (χ0) is 21.2. The summed E-state index contributed by atoms with van der Waals surface area (Å²) in [6, 6.07) is -1.16. The number of carboxylic acids is 1. The Kier molecular flexibility index (Phi) is 6.77. The lowest BCUT2D eigenvalue weighted by atomic mass is 10.1. The second-order valence-corrected chi connectivity index (χ2v) is 7.97. The minimum absolute atomic E-state index is 0.366. The van der Waals surface area contributed by atoms with E-state index in [4.69, 9.17) is 21.1 Å². The highest BCUT2D eigenvalue weighted by molar-refractivity contribution is 6.32. The Hall–Kier alpha value is -2.42. The van der Waals surface area contributed by atoms with Crippen molar-refractivity contribution in [1.82, 2.24) is 10.3 Å². The van der Waals surface area contributed by atoms with Gasteiger partial charge in [0, 0.05) is 0 Å². The van der Waals surface area contributed by atoms with Gasteiger partial charge in [0.15, 0.2) is 6.04 Å². The number of ether oxygens (including phenoxy) is 2. The molecule has 0 aliphatic rings. The number of aromatic nitrogens is 1. The second kappa shape index (κ2) is 8.08. The normalized spacial score (nSPS) is 12.9. The van der Waals surface area contributed by atoms with Gasteiger partial charge in [-0.15, -0.1) is 0 Å². The van der Waals surface area contributed by atoms with E-state index in [2.05, 4.69) is 4.98 Å². The number of hydrogen-bond acceptors (Lipinski definition) is 6. The molecule has 0 aromatic carbocycles. The van der Waals surface area contributed by atoms with Gasteiger partial charge in [-0.2, -0.15) is 0 Å². The first-order valence-electron chi connectivity index (χ1n) is 7.92. The van der Waals surface area contributed by atoms with E-state index < -0.39 is 51.9 Å². The number of alkyl carbamates (subject to hydrolysis) is 1. The maximum atomic E-state index is 14.4. The average Bonchev–Trinajstić information content (AvgIpc) is 2.43. The number of nitrogens with zero attached hydrogens (tertiary/aromatic N) is 1. The van der Waals surface area contributed by atoms with E-state index in [-0.39, 0.29) is 5.56 Å². The van der Waals surface area contributed by atoms with Crippen LogP contribution in [0.4, 0.5) is 9.18 Å². The third kappa shape index (κ3) is 7.01. The van der Waals surface area contributed by atoms with Gasteiger partial charge in [0.2, 0.25) is 0 Å². The lowest BCUT2D eigenvalue weighted by Gasteiger charge is -2.22. The van der Waals surface area contributed by atoms with Crippen molar-refractivity contribution in [3.05, 3.63) is 28.3 Å². The number of carbonyl (C=O) groups excluding carboxylic acids is 2. The lowest BCUT2D eigenvalue weighted by molar-refractivity contribution is -0.139. The molecule has 1 aromatic rings. The molecule has 8 nitrogen and oxygen atoms in total. The second-order valence-electron chi connectivity index (χ2n) is 7.61. The molecule has 0 bridgehead atoms. The molecule has 150 valence electrons. The summed E-state index contributed by atoms with van der Waals surface area (Å²) in [5.74, 6) is -3.66. The minimum Gasteiger partial charge on any atom is -0.479 e. The minimum atomic E-state index is -1.87. The van der Waals surface area contributed by atoms with Crippen molar-refractivity contribution in [1.29, 1.82) is 0 Å². The summed E-state index contributed by atoms with van der Waals surface area (Å²) in [6.45, 7) is 9.57. The molecule has 2 N–H and O–H groups in total. The molecule has 1 amide bonds. The molecule has 27 heavy (non-hydrogen) atoms. The fraction of sp³-hybridized carbons (Fsp3) is 0.529. The number of esters is 1. The van der Waals surface area contributed by atoms with Gasteiger partial charge in [-0.3, -0.25) is 0 Å². The quantitative estimate of drug-likeness (QED) is 0.583. The number of hydrogen-bond donors (Lipinski definition) is 2. The standard InChI is InChI=1S/C17H22ClFN2O6/c1-16(2,3)26-14(24)8-7-9(19)10(20-12(8)18)11(13(22)23)21-15(25)27-17(4,5)6/h7,11H,1-6H3,(H,21,25)(H,22,23). The first kappa shape index (κ1) is 22.6. The van der Waals surface area contributed by atoms with Crippen LogP contribution in [0.5, 0.6) is 0 Å². The van der Waals surface area contributed by atoms with Crippen LogP contribution in [-0.4, -0.2) is 39.3 Å².